The lowest BCUT2D eigenvalue weighted by Gasteiger charge is -2.17. The topological polar surface area (TPSA) is 55.1 Å². The van der Waals surface area contributed by atoms with Crippen LogP contribution in [0.5, 0.6) is 0 Å². The Morgan fingerprint density at radius 2 is 2.05 bits per heavy atom. The molecule has 1 aliphatic carbocycles. The molecule has 0 spiro atoms. The smallest absolute Gasteiger partial charge is 0.325 e. The molecule has 0 fully saturated rings. The second-order valence-corrected chi connectivity index (χ2v) is 4.19. The maximum Gasteiger partial charge on any atom is 0.325 e. The minimum Gasteiger partial charge on any atom is -0.480 e. The molecular weight excluding hydrogens is 254 g/mol. The molecule has 1 heterocycles. The van der Waals surface area contributed by atoms with E-state index in [-0.39, 0.29) is 19.5 Å². The van der Waals surface area contributed by atoms with E-state index in [2.05, 4.69) is 5.10 Å². The van der Waals surface area contributed by atoms with Gasteiger partial charge in [0.2, 0.25) is 0 Å². The molecule has 0 radical (unpaired) electrons. The van der Waals surface area contributed by atoms with E-state index < -0.39 is 24.4 Å². The SMILES string of the molecule is C.CC.Cc1nn(CC(=O)O)c2c1CC(C)C2(F)F. The van der Waals surface area contributed by atoms with Crippen LogP contribution in [0.2, 0.25) is 0 Å². The minimum atomic E-state index is -2.98. The third-order valence-electron chi connectivity index (χ3n) is 2.98. The summed E-state index contributed by atoms with van der Waals surface area (Å²) in [5.41, 5.74) is 0.777. The number of aliphatic carboxylic acids is 1. The summed E-state index contributed by atoms with van der Waals surface area (Å²) < 4.78 is 28.5. The van der Waals surface area contributed by atoms with Crippen LogP contribution in [0.4, 0.5) is 8.78 Å². The maximum atomic E-state index is 13.8. The summed E-state index contributed by atoms with van der Waals surface area (Å²) in [5.74, 6) is -4.94. The van der Waals surface area contributed by atoms with Crippen LogP contribution in [0.15, 0.2) is 0 Å². The highest BCUT2D eigenvalue weighted by Crippen LogP contribution is 2.46. The van der Waals surface area contributed by atoms with Crippen molar-refractivity contribution in [3.8, 4) is 0 Å². The molecular formula is C13H22F2N2O2. The van der Waals surface area contributed by atoms with Crippen LogP contribution in [-0.2, 0) is 23.7 Å². The first kappa shape index (κ1) is 17.5. The van der Waals surface area contributed by atoms with Crippen molar-refractivity contribution in [3.63, 3.8) is 0 Å². The highest BCUT2D eigenvalue weighted by molar-refractivity contribution is 5.66. The Bertz CT molecular complexity index is 456. The summed E-state index contributed by atoms with van der Waals surface area (Å²) in [4.78, 5) is 10.6. The normalized spacial score (nSPS) is 18.9. The number of aromatic nitrogens is 2. The lowest BCUT2D eigenvalue weighted by atomic mass is 10.1. The average Bonchev–Trinajstić information content (AvgIpc) is 2.69. The van der Waals surface area contributed by atoms with Crippen molar-refractivity contribution in [2.45, 2.75) is 54.0 Å². The molecule has 0 saturated heterocycles. The predicted octanol–water partition coefficient (Wildman–Crippen LogP) is 3.22. The van der Waals surface area contributed by atoms with Crippen molar-refractivity contribution in [1.82, 2.24) is 9.78 Å². The first-order valence-electron chi connectivity index (χ1n) is 6.00. The molecule has 6 heteroatoms. The van der Waals surface area contributed by atoms with Crippen LogP contribution in [-0.4, -0.2) is 20.9 Å². The number of rotatable bonds is 2. The fourth-order valence-corrected chi connectivity index (χ4v) is 2.15. The van der Waals surface area contributed by atoms with E-state index in [1.165, 1.54) is 6.92 Å². The zero-order valence-electron chi connectivity index (χ0n) is 11.0. The number of hydrogen-bond acceptors (Lipinski definition) is 2. The minimum absolute atomic E-state index is 0. The van der Waals surface area contributed by atoms with Crippen molar-refractivity contribution in [2.24, 2.45) is 5.92 Å². The number of fused-ring (bicyclic) bond motifs is 1. The summed E-state index contributed by atoms with van der Waals surface area (Å²) in [5, 5.41) is 12.5. The van der Waals surface area contributed by atoms with E-state index in [0.29, 0.717) is 11.3 Å². The van der Waals surface area contributed by atoms with Gasteiger partial charge in [0, 0.05) is 11.5 Å². The first-order chi connectivity index (χ1) is 8.34. The van der Waals surface area contributed by atoms with Gasteiger partial charge in [-0.15, -0.1) is 0 Å². The molecule has 1 unspecified atom stereocenters. The molecule has 0 bridgehead atoms. The van der Waals surface area contributed by atoms with Gasteiger partial charge in [0.05, 0.1) is 5.69 Å². The van der Waals surface area contributed by atoms with Crippen LogP contribution in [0.3, 0.4) is 0 Å². The van der Waals surface area contributed by atoms with Gasteiger partial charge in [-0.1, -0.05) is 28.2 Å². The van der Waals surface area contributed by atoms with Gasteiger partial charge in [0.15, 0.2) is 0 Å². The molecule has 19 heavy (non-hydrogen) atoms. The third kappa shape index (κ3) is 2.93. The van der Waals surface area contributed by atoms with Crippen LogP contribution in [0.1, 0.15) is 45.1 Å². The van der Waals surface area contributed by atoms with Gasteiger partial charge in [0.1, 0.15) is 12.2 Å². The second kappa shape index (κ2) is 6.12. The number of carboxylic acids is 1. The number of hydrogen-bond donors (Lipinski definition) is 1. The van der Waals surface area contributed by atoms with Crippen LogP contribution >= 0.6 is 0 Å². The number of aryl methyl sites for hydroxylation is 1. The summed E-state index contributed by atoms with van der Waals surface area (Å²) in [6, 6.07) is 0. The summed E-state index contributed by atoms with van der Waals surface area (Å²) in [6.45, 7) is 6.58. The molecule has 1 aromatic rings. The van der Waals surface area contributed by atoms with Crippen molar-refractivity contribution >= 4 is 5.97 Å². The van der Waals surface area contributed by atoms with Gasteiger partial charge in [-0.3, -0.25) is 9.48 Å². The molecule has 110 valence electrons. The number of halogens is 2. The molecule has 0 amide bonds. The quantitative estimate of drug-likeness (QED) is 0.902. The average molecular weight is 276 g/mol. The molecule has 1 N–H and O–H groups in total. The fraction of sp³-hybridized carbons (Fsp3) is 0.692. The third-order valence-corrected chi connectivity index (χ3v) is 2.98. The van der Waals surface area contributed by atoms with E-state index in [0.717, 1.165) is 4.68 Å². The summed E-state index contributed by atoms with van der Waals surface area (Å²) in [6.07, 6.45) is 0.258. The summed E-state index contributed by atoms with van der Waals surface area (Å²) in [7, 11) is 0. The van der Waals surface area contributed by atoms with Crippen molar-refractivity contribution < 1.29 is 18.7 Å². The highest BCUT2D eigenvalue weighted by Gasteiger charge is 2.50. The second-order valence-electron chi connectivity index (χ2n) is 4.19. The lowest BCUT2D eigenvalue weighted by Crippen LogP contribution is -2.24. The molecule has 1 atom stereocenters. The molecule has 1 aromatic heterocycles. The number of carbonyl (C=O) groups is 1. The Balaban J connectivity index is 0.00000103. The molecule has 4 nitrogen and oxygen atoms in total. The van der Waals surface area contributed by atoms with E-state index in [9.17, 15) is 13.6 Å². The van der Waals surface area contributed by atoms with Crippen molar-refractivity contribution in [3.05, 3.63) is 17.0 Å². The molecule has 1 aliphatic rings. The van der Waals surface area contributed by atoms with Crippen LogP contribution in [0, 0.1) is 12.8 Å². The van der Waals surface area contributed by atoms with Crippen LogP contribution < -0.4 is 0 Å². The van der Waals surface area contributed by atoms with Crippen molar-refractivity contribution in [2.75, 3.05) is 0 Å². The van der Waals surface area contributed by atoms with E-state index in [1.54, 1.807) is 6.92 Å². The maximum absolute atomic E-state index is 13.8. The monoisotopic (exact) mass is 276 g/mol. The molecule has 0 aliphatic heterocycles. The Kier molecular flexibility index (Phi) is 5.65. The Hall–Kier alpha value is -1.46. The lowest BCUT2D eigenvalue weighted by molar-refractivity contribution is -0.138. The number of nitrogens with zero attached hydrogens (tertiary/aromatic N) is 2. The first-order valence-corrected chi connectivity index (χ1v) is 6.00. The zero-order chi connectivity index (χ0) is 14.1. The molecule has 0 aromatic carbocycles. The van der Waals surface area contributed by atoms with Gasteiger partial charge in [0.25, 0.3) is 5.92 Å². The number of alkyl halides is 2. The van der Waals surface area contributed by atoms with Gasteiger partial charge in [-0.25, -0.2) is 0 Å². The van der Waals surface area contributed by atoms with Crippen LogP contribution in [0.25, 0.3) is 0 Å². The van der Waals surface area contributed by atoms with Gasteiger partial charge in [-0.05, 0) is 13.3 Å². The largest absolute Gasteiger partial charge is 0.480 e. The zero-order valence-corrected chi connectivity index (χ0v) is 11.0. The van der Waals surface area contributed by atoms with E-state index in [4.69, 9.17) is 5.11 Å². The molecule has 2 rings (SSSR count). The van der Waals surface area contributed by atoms with E-state index >= 15 is 0 Å². The summed E-state index contributed by atoms with van der Waals surface area (Å²) >= 11 is 0. The van der Waals surface area contributed by atoms with Gasteiger partial charge < -0.3 is 5.11 Å². The van der Waals surface area contributed by atoms with Gasteiger partial charge in [-0.2, -0.15) is 13.9 Å². The standard InChI is InChI=1S/C10H12F2N2O2.C2H6.CH4/c1-5-3-7-6(2)13-14(4-8(15)16)9(7)10(5,11)12;1-2;/h5H,3-4H2,1-2H3,(H,15,16);1-2H3;1H4. The van der Waals surface area contributed by atoms with E-state index in [1.807, 2.05) is 13.8 Å². The predicted molar refractivity (Wildman–Crippen MR) is 69.4 cm³/mol. The Labute approximate surface area is 112 Å². The van der Waals surface area contributed by atoms with Gasteiger partial charge >= 0.3 is 5.97 Å². The highest BCUT2D eigenvalue weighted by atomic mass is 19.3. The fourth-order valence-electron chi connectivity index (χ4n) is 2.15. The van der Waals surface area contributed by atoms with Crippen molar-refractivity contribution in [1.29, 1.82) is 0 Å². The number of carboxylic acid groups (broad SMARTS) is 1. The molecule has 0 saturated carbocycles. The Morgan fingerprint density at radius 3 is 2.53 bits per heavy atom. The Morgan fingerprint density at radius 1 is 1.53 bits per heavy atom.